The molecule has 0 aromatic heterocycles. The summed E-state index contributed by atoms with van der Waals surface area (Å²) in [6, 6.07) is 2.94. The first kappa shape index (κ1) is 15.3. The van der Waals surface area contributed by atoms with Crippen LogP contribution in [-0.4, -0.2) is 28.9 Å². The van der Waals surface area contributed by atoms with Crippen LogP contribution >= 0.6 is 23.2 Å². The fourth-order valence-corrected chi connectivity index (χ4v) is 1.70. The molecule has 4 N–H and O–H groups in total. The fraction of sp³-hybridized carbons (Fsp3) is 0.182. The van der Waals surface area contributed by atoms with E-state index in [0.717, 1.165) is 0 Å². The molecule has 0 heterocycles. The van der Waals surface area contributed by atoms with Gasteiger partial charge in [0.1, 0.15) is 6.04 Å². The molecule has 2 amide bonds. The highest BCUT2D eigenvalue weighted by Crippen LogP contribution is 2.25. The summed E-state index contributed by atoms with van der Waals surface area (Å²) in [6.45, 7) is 0. The van der Waals surface area contributed by atoms with Crippen molar-refractivity contribution in [3.63, 3.8) is 0 Å². The van der Waals surface area contributed by atoms with Crippen molar-refractivity contribution in [2.24, 2.45) is 5.73 Å². The van der Waals surface area contributed by atoms with Gasteiger partial charge in [-0.1, -0.05) is 29.3 Å². The van der Waals surface area contributed by atoms with Gasteiger partial charge in [-0.15, -0.1) is 0 Å². The molecule has 0 saturated carbocycles. The Morgan fingerprint density at radius 3 is 2.47 bits per heavy atom. The smallest absolute Gasteiger partial charge is 0.326 e. The summed E-state index contributed by atoms with van der Waals surface area (Å²) in [5, 5.41) is 11.2. The van der Waals surface area contributed by atoms with Gasteiger partial charge in [0.05, 0.1) is 22.0 Å². The van der Waals surface area contributed by atoms with Crippen LogP contribution in [0.15, 0.2) is 18.2 Å². The first-order valence-corrected chi connectivity index (χ1v) is 5.84. The third-order valence-corrected chi connectivity index (χ3v) is 3.02. The van der Waals surface area contributed by atoms with Gasteiger partial charge in [0.15, 0.2) is 0 Å². The van der Waals surface area contributed by atoms with Gasteiger partial charge in [-0.05, 0) is 12.1 Å². The number of carbonyl (C=O) groups is 3. The summed E-state index contributed by atoms with van der Waals surface area (Å²) < 4.78 is 0. The molecule has 0 radical (unpaired) electrons. The molecule has 8 heteroatoms. The average molecular weight is 305 g/mol. The Kier molecular flexibility index (Phi) is 5.14. The minimum atomic E-state index is -1.42. The molecule has 1 aromatic carbocycles. The Bertz CT molecular complexity index is 533. The van der Waals surface area contributed by atoms with Gasteiger partial charge in [-0.25, -0.2) is 4.79 Å². The molecule has 1 rings (SSSR count). The van der Waals surface area contributed by atoms with E-state index in [1.807, 2.05) is 0 Å². The molecule has 1 aromatic rings. The number of rotatable bonds is 5. The van der Waals surface area contributed by atoms with Crippen LogP contribution in [0.1, 0.15) is 16.8 Å². The van der Waals surface area contributed by atoms with Crippen molar-refractivity contribution in [3.05, 3.63) is 33.8 Å². The van der Waals surface area contributed by atoms with E-state index in [-0.39, 0.29) is 15.6 Å². The monoisotopic (exact) mass is 304 g/mol. The lowest BCUT2D eigenvalue weighted by atomic mass is 10.1. The maximum Gasteiger partial charge on any atom is 0.326 e. The first-order chi connectivity index (χ1) is 8.82. The molecule has 0 fully saturated rings. The molecule has 19 heavy (non-hydrogen) atoms. The molecule has 0 aliphatic carbocycles. The van der Waals surface area contributed by atoms with E-state index < -0.39 is 30.2 Å². The van der Waals surface area contributed by atoms with Crippen molar-refractivity contribution in [1.82, 2.24) is 5.32 Å². The maximum absolute atomic E-state index is 11.8. The summed E-state index contributed by atoms with van der Waals surface area (Å²) in [4.78, 5) is 33.4. The topological polar surface area (TPSA) is 109 Å². The third-order valence-electron chi connectivity index (χ3n) is 2.20. The lowest BCUT2D eigenvalue weighted by Gasteiger charge is -2.13. The Hall–Kier alpha value is -1.79. The van der Waals surface area contributed by atoms with Gasteiger partial charge in [-0.2, -0.15) is 0 Å². The lowest BCUT2D eigenvalue weighted by Crippen LogP contribution is -2.43. The first-order valence-electron chi connectivity index (χ1n) is 5.09. The van der Waals surface area contributed by atoms with Crippen LogP contribution < -0.4 is 11.1 Å². The number of aliphatic carboxylic acids is 1. The second kappa shape index (κ2) is 6.40. The van der Waals surface area contributed by atoms with Crippen LogP contribution in [0.4, 0.5) is 0 Å². The summed E-state index contributed by atoms with van der Waals surface area (Å²) in [5.41, 5.74) is 4.92. The van der Waals surface area contributed by atoms with Gasteiger partial charge in [0.25, 0.3) is 5.91 Å². The highest BCUT2D eigenvalue weighted by molar-refractivity contribution is 6.43. The molecule has 0 unspecified atom stereocenters. The minimum Gasteiger partial charge on any atom is -0.480 e. The van der Waals surface area contributed by atoms with Gasteiger partial charge in [0, 0.05) is 0 Å². The summed E-state index contributed by atoms with van der Waals surface area (Å²) >= 11 is 11.6. The van der Waals surface area contributed by atoms with E-state index >= 15 is 0 Å². The Labute approximate surface area is 118 Å². The number of benzene rings is 1. The molecular formula is C11H10Cl2N2O4. The fourth-order valence-electron chi connectivity index (χ4n) is 1.32. The molecular weight excluding hydrogens is 295 g/mol. The predicted octanol–water partition coefficient (Wildman–Crippen LogP) is 1.05. The summed E-state index contributed by atoms with van der Waals surface area (Å²) in [7, 11) is 0. The highest BCUT2D eigenvalue weighted by atomic mass is 35.5. The van der Waals surface area contributed by atoms with E-state index in [2.05, 4.69) is 5.32 Å². The van der Waals surface area contributed by atoms with Crippen LogP contribution in [0.2, 0.25) is 10.0 Å². The van der Waals surface area contributed by atoms with E-state index in [0.29, 0.717) is 0 Å². The van der Waals surface area contributed by atoms with Crippen molar-refractivity contribution < 1.29 is 19.5 Å². The number of hydrogen-bond acceptors (Lipinski definition) is 3. The van der Waals surface area contributed by atoms with Crippen molar-refractivity contribution >= 4 is 41.0 Å². The number of hydrogen-bond donors (Lipinski definition) is 3. The zero-order valence-corrected chi connectivity index (χ0v) is 11.0. The number of primary amides is 1. The Morgan fingerprint density at radius 2 is 1.95 bits per heavy atom. The number of halogens is 2. The number of nitrogens with two attached hydrogens (primary N) is 1. The molecule has 102 valence electrons. The largest absolute Gasteiger partial charge is 0.480 e. The van der Waals surface area contributed by atoms with E-state index in [1.165, 1.54) is 18.2 Å². The number of amides is 2. The number of carboxylic acids is 1. The molecule has 0 aliphatic heterocycles. The zero-order valence-electron chi connectivity index (χ0n) is 9.52. The predicted molar refractivity (Wildman–Crippen MR) is 69.2 cm³/mol. The summed E-state index contributed by atoms with van der Waals surface area (Å²) in [6.07, 6.45) is -0.515. The molecule has 0 spiro atoms. The lowest BCUT2D eigenvalue weighted by molar-refractivity contribution is -0.140. The van der Waals surface area contributed by atoms with Crippen LogP contribution in [0.3, 0.4) is 0 Å². The third kappa shape index (κ3) is 4.11. The van der Waals surface area contributed by atoms with Gasteiger partial charge >= 0.3 is 5.97 Å². The van der Waals surface area contributed by atoms with Gasteiger partial charge in [0.2, 0.25) is 5.91 Å². The Balaban J connectivity index is 2.91. The SMILES string of the molecule is NC(=O)C[C@@H](NC(=O)c1cccc(Cl)c1Cl)C(=O)O. The van der Waals surface area contributed by atoms with Crippen LogP contribution in [-0.2, 0) is 9.59 Å². The maximum atomic E-state index is 11.8. The average Bonchev–Trinajstić information content (AvgIpc) is 2.31. The Morgan fingerprint density at radius 1 is 1.32 bits per heavy atom. The normalized spacial score (nSPS) is 11.7. The standard InChI is InChI=1S/C11H10Cl2N2O4/c12-6-3-1-2-5(9(6)13)10(17)15-7(11(18)19)4-8(14)16/h1-3,7H,4H2,(H2,14,16)(H,15,17)(H,18,19)/t7-/m1/s1. The minimum absolute atomic E-state index is 0.00452. The molecule has 0 saturated heterocycles. The van der Waals surface area contributed by atoms with Crippen molar-refractivity contribution in [2.75, 3.05) is 0 Å². The zero-order chi connectivity index (χ0) is 14.6. The number of carboxylic acid groups (broad SMARTS) is 1. The van der Waals surface area contributed by atoms with Crippen molar-refractivity contribution in [2.45, 2.75) is 12.5 Å². The van der Waals surface area contributed by atoms with Crippen LogP contribution in [0, 0.1) is 0 Å². The van der Waals surface area contributed by atoms with Gasteiger partial charge < -0.3 is 16.2 Å². The number of carbonyl (C=O) groups excluding carboxylic acids is 2. The summed E-state index contributed by atoms with van der Waals surface area (Å²) in [5.74, 6) is -2.96. The molecule has 6 nitrogen and oxygen atoms in total. The van der Waals surface area contributed by atoms with E-state index in [9.17, 15) is 14.4 Å². The molecule has 0 aliphatic rings. The van der Waals surface area contributed by atoms with Crippen LogP contribution in [0.25, 0.3) is 0 Å². The van der Waals surface area contributed by atoms with E-state index in [1.54, 1.807) is 0 Å². The van der Waals surface area contributed by atoms with Crippen molar-refractivity contribution in [3.8, 4) is 0 Å². The second-order valence-electron chi connectivity index (χ2n) is 3.64. The van der Waals surface area contributed by atoms with Crippen molar-refractivity contribution in [1.29, 1.82) is 0 Å². The van der Waals surface area contributed by atoms with E-state index in [4.69, 9.17) is 34.0 Å². The molecule has 0 bridgehead atoms. The quantitative estimate of drug-likeness (QED) is 0.755. The molecule has 1 atom stereocenters. The highest BCUT2D eigenvalue weighted by Gasteiger charge is 2.24. The van der Waals surface area contributed by atoms with Crippen LogP contribution in [0.5, 0.6) is 0 Å². The van der Waals surface area contributed by atoms with Gasteiger partial charge in [-0.3, -0.25) is 9.59 Å². The number of nitrogens with one attached hydrogen (secondary N) is 1. The second-order valence-corrected chi connectivity index (χ2v) is 4.42.